The van der Waals surface area contributed by atoms with E-state index in [1.165, 1.54) is 57.8 Å². The molecule has 0 aliphatic rings. The molecule has 0 saturated heterocycles. The Balaban J connectivity index is 3.14. The Morgan fingerprint density at radius 2 is 1.30 bits per heavy atom. The van der Waals surface area contributed by atoms with Crippen LogP contribution in [0, 0.1) is 0 Å². The second kappa shape index (κ2) is 16.0. The quantitative estimate of drug-likeness (QED) is 0.318. The fourth-order valence-electron chi connectivity index (χ4n) is 2.09. The summed E-state index contributed by atoms with van der Waals surface area (Å²) in [5.41, 5.74) is 0. The molecule has 0 fully saturated rings. The molecule has 116 valence electrons. The fourth-order valence-corrected chi connectivity index (χ4v) is 2.09. The van der Waals surface area contributed by atoms with Gasteiger partial charge in [-0.3, -0.25) is 4.79 Å². The van der Waals surface area contributed by atoms with Crippen molar-refractivity contribution in [1.82, 2.24) is 0 Å². The number of carboxylic acids is 1. The SMILES string of the molecule is CCCC/C=C/C=C\CCCCCCCCCC(=O)O. The van der Waals surface area contributed by atoms with Crippen LogP contribution in [0.4, 0.5) is 0 Å². The van der Waals surface area contributed by atoms with Crippen LogP contribution in [0.2, 0.25) is 0 Å². The van der Waals surface area contributed by atoms with Crippen LogP contribution >= 0.6 is 0 Å². The van der Waals surface area contributed by atoms with Crippen molar-refractivity contribution < 1.29 is 9.90 Å². The van der Waals surface area contributed by atoms with Gasteiger partial charge in [-0.05, 0) is 25.7 Å². The van der Waals surface area contributed by atoms with E-state index in [0.29, 0.717) is 6.42 Å². The molecule has 1 N–H and O–H groups in total. The van der Waals surface area contributed by atoms with Crippen LogP contribution in [0.15, 0.2) is 24.3 Å². The summed E-state index contributed by atoms with van der Waals surface area (Å²) in [7, 11) is 0. The molecular formula is C18H32O2. The molecule has 20 heavy (non-hydrogen) atoms. The maximum absolute atomic E-state index is 10.3. The number of aliphatic carboxylic acids is 1. The lowest BCUT2D eigenvalue weighted by atomic mass is 10.1. The minimum Gasteiger partial charge on any atom is -0.481 e. The number of carbonyl (C=O) groups is 1. The van der Waals surface area contributed by atoms with E-state index in [1.54, 1.807) is 0 Å². The van der Waals surface area contributed by atoms with Crippen molar-refractivity contribution in [2.75, 3.05) is 0 Å². The van der Waals surface area contributed by atoms with Gasteiger partial charge in [0, 0.05) is 6.42 Å². The van der Waals surface area contributed by atoms with Crippen molar-refractivity contribution in [3.8, 4) is 0 Å². The smallest absolute Gasteiger partial charge is 0.303 e. The molecule has 0 spiro atoms. The number of hydrogen-bond donors (Lipinski definition) is 1. The van der Waals surface area contributed by atoms with E-state index in [4.69, 9.17) is 5.11 Å². The number of carboxylic acid groups (broad SMARTS) is 1. The van der Waals surface area contributed by atoms with E-state index in [2.05, 4.69) is 31.2 Å². The van der Waals surface area contributed by atoms with Gasteiger partial charge in [0.25, 0.3) is 0 Å². The summed E-state index contributed by atoms with van der Waals surface area (Å²) in [6.45, 7) is 2.22. The molecule has 0 aromatic heterocycles. The largest absolute Gasteiger partial charge is 0.481 e. The Kier molecular flexibility index (Phi) is 15.2. The van der Waals surface area contributed by atoms with Crippen molar-refractivity contribution in [3.63, 3.8) is 0 Å². The van der Waals surface area contributed by atoms with Crippen LogP contribution in [0.25, 0.3) is 0 Å². The summed E-state index contributed by atoms with van der Waals surface area (Å²) < 4.78 is 0. The lowest BCUT2D eigenvalue weighted by Gasteiger charge is -1.99. The first-order chi connectivity index (χ1) is 9.77. The van der Waals surface area contributed by atoms with Gasteiger partial charge < -0.3 is 5.11 Å². The lowest BCUT2D eigenvalue weighted by molar-refractivity contribution is -0.137. The van der Waals surface area contributed by atoms with Gasteiger partial charge in [-0.25, -0.2) is 0 Å². The Labute approximate surface area is 125 Å². The first-order valence-electron chi connectivity index (χ1n) is 8.30. The molecule has 2 nitrogen and oxygen atoms in total. The standard InChI is InChI=1S/C18H32O2/c1-2-3-4-5-6-7-8-9-10-11-12-13-14-15-16-17-18(19)20/h5-8H,2-4,9-17H2,1H3,(H,19,20)/b6-5+,8-7-. The first-order valence-corrected chi connectivity index (χ1v) is 8.30. The highest BCUT2D eigenvalue weighted by Gasteiger charge is 1.96. The van der Waals surface area contributed by atoms with Crippen LogP contribution in [0.5, 0.6) is 0 Å². The second-order valence-electron chi connectivity index (χ2n) is 5.41. The van der Waals surface area contributed by atoms with Gasteiger partial charge in [0.2, 0.25) is 0 Å². The van der Waals surface area contributed by atoms with Gasteiger partial charge in [-0.1, -0.05) is 76.2 Å². The number of rotatable bonds is 14. The Hall–Kier alpha value is -1.05. The molecule has 0 radical (unpaired) electrons. The van der Waals surface area contributed by atoms with Crippen molar-refractivity contribution in [2.45, 2.75) is 84.0 Å². The van der Waals surface area contributed by atoms with E-state index >= 15 is 0 Å². The minimum atomic E-state index is -0.666. The van der Waals surface area contributed by atoms with Gasteiger partial charge in [0.15, 0.2) is 0 Å². The van der Waals surface area contributed by atoms with Crippen molar-refractivity contribution in [2.24, 2.45) is 0 Å². The average molecular weight is 280 g/mol. The van der Waals surface area contributed by atoms with Crippen molar-refractivity contribution in [3.05, 3.63) is 24.3 Å². The van der Waals surface area contributed by atoms with Crippen molar-refractivity contribution >= 4 is 5.97 Å². The summed E-state index contributed by atoms with van der Waals surface area (Å²) in [6.07, 6.45) is 22.3. The highest BCUT2D eigenvalue weighted by atomic mass is 16.4. The minimum absolute atomic E-state index is 0.330. The summed E-state index contributed by atoms with van der Waals surface area (Å²) >= 11 is 0. The zero-order valence-electron chi connectivity index (χ0n) is 13.2. The predicted molar refractivity (Wildman–Crippen MR) is 87.0 cm³/mol. The molecule has 0 unspecified atom stereocenters. The molecule has 2 heteroatoms. The molecule has 0 saturated carbocycles. The third kappa shape index (κ3) is 16.9. The zero-order chi connectivity index (χ0) is 14.9. The molecule has 0 aliphatic carbocycles. The Bertz CT molecular complexity index is 267. The highest BCUT2D eigenvalue weighted by Crippen LogP contribution is 2.10. The molecule has 0 aliphatic heterocycles. The van der Waals surface area contributed by atoms with Crippen LogP contribution in [-0.2, 0) is 4.79 Å². The van der Waals surface area contributed by atoms with E-state index in [-0.39, 0.29) is 0 Å². The third-order valence-electron chi connectivity index (χ3n) is 3.37. The van der Waals surface area contributed by atoms with E-state index in [0.717, 1.165) is 12.8 Å². The second-order valence-corrected chi connectivity index (χ2v) is 5.41. The van der Waals surface area contributed by atoms with E-state index in [1.807, 2.05) is 0 Å². The maximum atomic E-state index is 10.3. The van der Waals surface area contributed by atoms with E-state index in [9.17, 15) is 4.79 Å². The normalized spacial score (nSPS) is 11.7. The molecule has 0 heterocycles. The van der Waals surface area contributed by atoms with Gasteiger partial charge in [0.05, 0.1) is 0 Å². The topological polar surface area (TPSA) is 37.3 Å². The highest BCUT2D eigenvalue weighted by molar-refractivity contribution is 5.66. The first kappa shape index (κ1) is 18.9. The summed E-state index contributed by atoms with van der Waals surface area (Å²) in [4.78, 5) is 10.3. The summed E-state index contributed by atoms with van der Waals surface area (Å²) in [5, 5.41) is 8.51. The summed E-state index contributed by atoms with van der Waals surface area (Å²) in [6, 6.07) is 0. The molecule has 0 rings (SSSR count). The van der Waals surface area contributed by atoms with Gasteiger partial charge in [0.1, 0.15) is 0 Å². The Morgan fingerprint density at radius 3 is 1.85 bits per heavy atom. The average Bonchev–Trinajstić information content (AvgIpc) is 2.43. The van der Waals surface area contributed by atoms with Gasteiger partial charge in [-0.15, -0.1) is 0 Å². The molecule has 0 aromatic rings. The van der Waals surface area contributed by atoms with E-state index < -0.39 is 5.97 Å². The summed E-state index contributed by atoms with van der Waals surface area (Å²) in [5.74, 6) is -0.666. The number of allylic oxidation sites excluding steroid dienone is 4. The molecule has 0 atom stereocenters. The van der Waals surface area contributed by atoms with Crippen LogP contribution in [0.3, 0.4) is 0 Å². The molecule has 0 bridgehead atoms. The van der Waals surface area contributed by atoms with Gasteiger partial charge >= 0.3 is 5.97 Å². The number of unbranched alkanes of at least 4 members (excludes halogenated alkanes) is 9. The van der Waals surface area contributed by atoms with Crippen molar-refractivity contribution in [1.29, 1.82) is 0 Å². The third-order valence-corrected chi connectivity index (χ3v) is 3.37. The lowest BCUT2D eigenvalue weighted by Crippen LogP contribution is -1.93. The number of hydrogen-bond acceptors (Lipinski definition) is 1. The molecular weight excluding hydrogens is 248 g/mol. The Morgan fingerprint density at radius 1 is 0.800 bits per heavy atom. The maximum Gasteiger partial charge on any atom is 0.303 e. The molecule has 0 amide bonds. The van der Waals surface area contributed by atoms with Crippen LogP contribution in [0.1, 0.15) is 84.0 Å². The predicted octanol–water partition coefficient (Wildman–Crippen LogP) is 5.88. The van der Waals surface area contributed by atoms with Crippen LogP contribution in [-0.4, -0.2) is 11.1 Å². The molecule has 0 aromatic carbocycles. The zero-order valence-corrected chi connectivity index (χ0v) is 13.2. The van der Waals surface area contributed by atoms with Crippen LogP contribution < -0.4 is 0 Å². The fraction of sp³-hybridized carbons (Fsp3) is 0.722. The van der Waals surface area contributed by atoms with Gasteiger partial charge in [-0.2, -0.15) is 0 Å². The monoisotopic (exact) mass is 280 g/mol.